The molecule has 6 nitrogen and oxygen atoms in total. The highest BCUT2D eigenvalue weighted by Crippen LogP contribution is 2.31. The molecule has 0 aliphatic carbocycles. The van der Waals surface area contributed by atoms with Gasteiger partial charge in [0, 0.05) is 12.7 Å². The maximum absolute atomic E-state index is 12.4. The number of ether oxygens (including phenoxy) is 2. The molecule has 0 aliphatic heterocycles. The van der Waals surface area contributed by atoms with Crippen LogP contribution in [-0.4, -0.2) is 31.0 Å². The number of hydrogen-bond donors (Lipinski definition) is 2. The number of rotatable bonds is 7. The van der Waals surface area contributed by atoms with Gasteiger partial charge in [-0.2, -0.15) is 13.2 Å². The fourth-order valence-corrected chi connectivity index (χ4v) is 2.39. The summed E-state index contributed by atoms with van der Waals surface area (Å²) in [6.07, 6.45) is -3.73. The topological polar surface area (TPSA) is 84.9 Å². The van der Waals surface area contributed by atoms with E-state index in [1.807, 2.05) is 6.07 Å². The number of carboxylic acid groups (broad SMARTS) is 1. The number of nitrogens with one attached hydrogen (secondary N) is 1. The number of aromatic carboxylic acids is 1. The third-order valence-corrected chi connectivity index (χ3v) is 3.96. The normalized spacial score (nSPS) is 10.4. The number of anilines is 1. The van der Waals surface area contributed by atoms with Crippen LogP contribution in [0.25, 0.3) is 0 Å². The fraction of sp³-hybridized carbons (Fsp3) is 0.130. The van der Waals surface area contributed by atoms with E-state index < -0.39 is 17.7 Å². The Kier molecular flexibility index (Phi) is 8.64. The molecule has 0 radical (unpaired) electrons. The molecule has 0 unspecified atom stereocenters. The summed E-state index contributed by atoms with van der Waals surface area (Å²) in [6.45, 7) is -0.0426. The highest BCUT2D eigenvalue weighted by Gasteiger charge is 2.30. The van der Waals surface area contributed by atoms with Gasteiger partial charge in [0.05, 0.1) is 11.1 Å². The van der Waals surface area contributed by atoms with Crippen LogP contribution in [0.15, 0.2) is 72.8 Å². The molecular formula is C23H20F3NO5. The average molecular weight is 447 g/mol. The Bertz CT molecular complexity index is 1020. The summed E-state index contributed by atoms with van der Waals surface area (Å²) in [4.78, 5) is 20.6. The maximum atomic E-state index is 12.4. The van der Waals surface area contributed by atoms with Crippen molar-refractivity contribution in [1.82, 2.24) is 0 Å². The lowest BCUT2D eigenvalue weighted by Crippen LogP contribution is -2.03. The lowest BCUT2D eigenvalue weighted by atomic mass is 10.2. The number of carbonyl (C=O) groups excluding carboxylic acids is 1. The first-order valence-electron chi connectivity index (χ1n) is 9.25. The lowest BCUT2D eigenvalue weighted by Gasteiger charge is -2.09. The molecule has 168 valence electrons. The number of hydrogen-bond acceptors (Lipinski definition) is 5. The molecule has 0 spiro atoms. The van der Waals surface area contributed by atoms with Crippen molar-refractivity contribution in [2.24, 2.45) is 0 Å². The zero-order valence-electron chi connectivity index (χ0n) is 16.9. The van der Waals surface area contributed by atoms with Gasteiger partial charge in [-0.05, 0) is 66.7 Å². The van der Waals surface area contributed by atoms with Crippen LogP contribution in [0.2, 0.25) is 0 Å². The van der Waals surface area contributed by atoms with Crippen LogP contribution in [0.1, 0.15) is 15.9 Å². The molecule has 0 aliphatic rings. The minimum Gasteiger partial charge on any atom is -0.486 e. The third kappa shape index (κ3) is 7.67. The van der Waals surface area contributed by atoms with Gasteiger partial charge in [-0.15, -0.1) is 0 Å². The standard InChI is InChI=1S/C15H11F3O3.C8H9NO2/c16-15(17,18)11-1-3-13(4-2-11)21-14-7-5-12(6-8-14)20-10-9-19;1-9-7-4-2-3-6(5-7)8(10)11/h1-9H,10H2;2-5,9H,1H3,(H,10,11). The SMILES string of the molecule is CNc1cccc(C(=O)O)c1.O=CCOc1ccc(Oc2ccc(C(F)(F)F)cc2)cc1. The molecule has 0 atom stereocenters. The number of benzene rings is 3. The van der Waals surface area contributed by atoms with Crippen molar-refractivity contribution < 1.29 is 37.3 Å². The van der Waals surface area contributed by atoms with Crippen molar-refractivity contribution >= 4 is 17.9 Å². The molecule has 2 N–H and O–H groups in total. The minimum absolute atomic E-state index is 0.0426. The molecule has 0 heterocycles. The second-order valence-electron chi connectivity index (χ2n) is 6.21. The van der Waals surface area contributed by atoms with E-state index in [-0.39, 0.29) is 6.61 Å². The van der Waals surface area contributed by atoms with E-state index in [1.165, 1.54) is 12.1 Å². The van der Waals surface area contributed by atoms with Gasteiger partial charge in [-0.3, -0.25) is 4.79 Å². The Hall–Kier alpha value is -4.01. The molecule has 0 amide bonds. The zero-order valence-corrected chi connectivity index (χ0v) is 16.9. The molecule has 9 heteroatoms. The van der Waals surface area contributed by atoms with Gasteiger partial charge in [0.2, 0.25) is 0 Å². The predicted molar refractivity (Wildman–Crippen MR) is 112 cm³/mol. The first-order chi connectivity index (χ1) is 15.2. The highest BCUT2D eigenvalue weighted by atomic mass is 19.4. The number of aldehydes is 1. The molecule has 3 aromatic carbocycles. The molecule has 3 aromatic rings. The summed E-state index contributed by atoms with van der Waals surface area (Å²) in [6, 6.07) is 17.5. The van der Waals surface area contributed by atoms with Gasteiger partial charge < -0.3 is 19.9 Å². The molecule has 0 saturated heterocycles. The van der Waals surface area contributed by atoms with E-state index in [2.05, 4.69) is 5.32 Å². The summed E-state index contributed by atoms with van der Waals surface area (Å²) < 4.78 is 47.7. The Morgan fingerprint density at radius 3 is 2.03 bits per heavy atom. The largest absolute Gasteiger partial charge is 0.486 e. The van der Waals surface area contributed by atoms with Crippen LogP contribution in [0.5, 0.6) is 17.2 Å². The maximum Gasteiger partial charge on any atom is 0.416 e. The van der Waals surface area contributed by atoms with E-state index in [4.69, 9.17) is 14.6 Å². The second kappa shape index (κ2) is 11.4. The first kappa shape index (κ1) is 24.3. The summed E-state index contributed by atoms with van der Waals surface area (Å²) in [5.41, 5.74) is 0.384. The van der Waals surface area contributed by atoms with E-state index in [0.717, 1.165) is 17.8 Å². The van der Waals surface area contributed by atoms with Gasteiger partial charge >= 0.3 is 12.1 Å². The molecule has 0 saturated carbocycles. The molecule has 32 heavy (non-hydrogen) atoms. The minimum atomic E-state index is -4.36. The van der Waals surface area contributed by atoms with Crippen molar-refractivity contribution in [1.29, 1.82) is 0 Å². The van der Waals surface area contributed by atoms with E-state index in [9.17, 15) is 22.8 Å². The molecule has 0 aromatic heterocycles. The van der Waals surface area contributed by atoms with E-state index >= 15 is 0 Å². The first-order valence-corrected chi connectivity index (χ1v) is 9.25. The van der Waals surface area contributed by atoms with Crippen LogP contribution in [-0.2, 0) is 11.0 Å². The van der Waals surface area contributed by atoms with Crippen LogP contribution < -0.4 is 14.8 Å². The van der Waals surface area contributed by atoms with Crippen LogP contribution in [0.3, 0.4) is 0 Å². The van der Waals surface area contributed by atoms with E-state index in [1.54, 1.807) is 49.5 Å². The molecule has 0 bridgehead atoms. The van der Waals surface area contributed by atoms with Crippen LogP contribution in [0, 0.1) is 0 Å². The van der Waals surface area contributed by atoms with Gasteiger partial charge in [0.25, 0.3) is 0 Å². The summed E-state index contributed by atoms with van der Waals surface area (Å²) in [5, 5.41) is 11.4. The summed E-state index contributed by atoms with van der Waals surface area (Å²) >= 11 is 0. The average Bonchev–Trinajstić information content (AvgIpc) is 2.79. The molecule has 0 fully saturated rings. The van der Waals surface area contributed by atoms with E-state index in [0.29, 0.717) is 29.1 Å². The quantitative estimate of drug-likeness (QED) is 0.465. The van der Waals surface area contributed by atoms with Gasteiger partial charge in [-0.1, -0.05) is 6.07 Å². The Morgan fingerprint density at radius 1 is 0.969 bits per heavy atom. The van der Waals surface area contributed by atoms with Crippen molar-refractivity contribution in [2.45, 2.75) is 6.18 Å². The van der Waals surface area contributed by atoms with Crippen molar-refractivity contribution in [3.05, 3.63) is 83.9 Å². The summed E-state index contributed by atoms with van der Waals surface area (Å²) in [5.74, 6) is 0.349. The summed E-state index contributed by atoms with van der Waals surface area (Å²) in [7, 11) is 1.75. The van der Waals surface area contributed by atoms with Crippen molar-refractivity contribution in [3.8, 4) is 17.2 Å². The highest BCUT2D eigenvalue weighted by molar-refractivity contribution is 5.88. The number of alkyl halides is 3. The fourth-order valence-electron chi connectivity index (χ4n) is 2.39. The zero-order chi connectivity index (χ0) is 23.6. The van der Waals surface area contributed by atoms with Crippen molar-refractivity contribution in [2.75, 3.05) is 19.0 Å². The van der Waals surface area contributed by atoms with Crippen LogP contribution >= 0.6 is 0 Å². The van der Waals surface area contributed by atoms with Crippen LogP contribution in [0.4, 0.5) is 18.9 Å². The number of carboxylic acids is 1. The Morgan fingerprint density at radius 2 is 1.53 bits per heavy atom. The van der Waals surface area contributed by atoms with Crippen molar-refractivity contribution in [3.63, 3.8) is 0 Å². The monoisotopic (exact) mass is 447 g/mol. The number of carbonyl (C=O) groups is 2. The Labute approximate surface area is 182 Å². The predicted octanol–water partition coefficient (Wildman–Crippen LogP) is 5.50. The number of halogens is 3. The molecular weight excluding hydrogens is 427 g/mol. The second-order valence-corrected chi connectivity index (χ2v) is 6.21. The molecule has 3 rings (SSSR count). The lowest BCUT2D eigenvalue weighted by molar-refractivity contribution is -0.137. The van der Waals surface area contributed by atoms with Gasteiger partial charge in [-0.25, -0.2) is 4.79 Å². The van der Waals surface area contributed by atoms with Gasteiger partial charge in [0.1, 0.15) is 23.9 Å². The third-order valence-electron chi connectivity index (χ3n) is 3.96. The smallest absolute Gasteiger partial charge is 0.416 e. The Balaban J connectivity index is 0.000000278. The van der Waals surface area contributed by atoms with Gasteiger partial charge in [0.15, 0.2) is 6.29 Å².